The zero-order chi connectivity index (χ0) is 22.9. The van der Waals surface area contributed by atoms with E-state index in [0.717, 1.165) is 6.42 Å². The highest BCUT2D eigenvalue weighted by Crippen LogP contribution is 2.45. The molecule has 2 aliphatic rings. The van der Waals surface area contributed by atoms with Gasteiger partial charge in [-0.3, -0.25) is 9.59 Å². The number of aromatic amines is 1. The highest BCUT2D eigenvalue weighted by molar-refractivity contribution is 5.85. The van der Waals surface area contributed by atoms with E-state index in [4.69, 9.17) is 10.5 Å². The number of carbonyl (C=O) groups is 2. The van der Waals surface area contributed by atoms with E-state index in [1.54, 1.807) is 31.6 Å². The first-order valence-electron chi connectivity index (χ1n) is 10.7. The van der Waals surface area contributed by atoms with Gasteiger partial charge < -0.3 is 31.4 Å². The number of H-pyrrole nitrogens is 1. The normalized spacial score (nSPS) is 22.9. The van der Waals surface area contributed by atoms with Gasteiger partial charge in [0.1, 0.15) is 11.3 Å². The van der Waals surface area contributed by atoms with E-state index in [9.17, 15) is 9.59 Å². The molecule has 5 rings (SSSR count). The van der Waals surface area contributed by atoms with Crippen molar-refractivity contribution in [1.29, 1.82) is 0 Å². The molecule has 2 amide bonds. The molecule has 11 heteroatoms. The maximum Gasteiger partial charge on any atom is 0.257 e. The van der Waals surface area contributed by atoms with Crippen LogP contribution in [0.3, 0.4) is 0 Å². The number of nitrogens with one attached hydrogen (secondary N) is 4. The molecule has 3 aromatic rings. The number of imidazole rings is 1. The SMILES string of the molecule is CNC(=O)COc1cccc(Nc2nc(N[C@H]3[C@@H]4C=CC(C4)[C@H]3C(N)=O)c3[nH]cnc3n2)c1. The lowest BCUT2D eigenvalue weighted by Crippen LogP contribution is -2.41. The first kappa shape index (κ1) is 20.7. The minimum Gasteiger partial charge on any atom is -0.484 e. The van der Waals surface area contributed by atoms with Crippen LogP contribution in [0.25, 0.3) is 11.2 Å². The third-order valence-electron chi connectivity index (χ3n) is 6.12. The molecule has 11 nitrogen and oxygen atoms in total. The second-order valence-electron chi connectivity index (χ2n) is 8.16. The Balaban J connectivity index is 1.39. The maximum absolute atomic E-state index is 12.1. The molecule has 6 N–H and O–H groups in total. The number of hydrogen-bond donors (Lipinski definition) is 5. The Morgan fingerprint density at radius 3 is 2.91 bits per heavy atom. The van der Waals surface area contributed by atoms with Gasteiger partial charge in [-0.05, 0) is 30.4 Å². The Bertz CT molecular complexity index is 1240. The third kappa shape index (κ3) is 4.04. The first-order chi connectivity index (χ1) is 16.0. The molecule has 33 heavy (non-hydrogen) atoms. The van der Waals surface area contributed by atoms with Gasteiger partial charge in [0.25, 0.3) is 5.91 Å². The lowest BCUT2D eigenvalue weighted by atomic mass is 9.88. The van der Waals surface area contributed by atoms with Gasteiger partial charge in [0, 0.05) is 24.8 Å². The van der Waals surface area contributed by atoms with Crippen molar-refractivity contribution in [2.24, 2.45) is 23.5 Å². The Morgan fingerprint density at radius 1 is 1.24 bits per heavy atom. The molecule has 2 bridgehead atoms. The quantitative estimate of drug-likeness (QED) is 0.322. The molecule has 4 atom stereocenters. The molecule has 2 heterocycles. The van der Waals surface area contributed by atoms with Gasteiger partial charge in [0.2, 0.25) is 11.9 Å². The predicted molar refractivity (Wildman–Crippen MR) is 122 cm³/mol. The molecule has 0 saturated heterocycles. The number of nitrogens with zero attached hydrogens (tertiary/aromatic N) is 3. The summed E-state index contributed by atoms with van der Waals surface area (Å²) >= 11 is 0. The van der Waals surface area contributed by atoms with Crippen molar-refractivity contribution in [3.8, 4) is 5.75 Å². The number of fused-ring (bicyclic) bond motifs is 3. The van der Waals surface area contributed by atoms with Crippen molar-refractivity contribution < 1.29 is 14.3 Å². The molecule has 1 fully saturated rings. The van der Waals surface area contributed by atoms with Crippen LogP contribution in [0.2, 0.25) is 0 Å². The van der Waals surface area contributed by atoms with Gasteiger partial charge in [-0.2, -0.15) is 9.97 Å². The van der Waals surface area contributed by atoms with E-state index in [2.05, 4.69) is 48.0 Å². The minimum atomic E-state index is -0.314. The Kier molecular flexibility index (Phi) is 5.29. The number of carbonyl (C=O) groups excluding carboxylic acids is 2. The van der Waals surface area contributed by atoms with Gasteiger partial charge in [-0.1, -0.05) is 18.2 Å². The number of primary amides is 1. The van der Waals surface area contributed by atoms with Gasteiger partial charge in [0.05, 0.1) is 12.2 Å². The van der Waals surface area contributed by atoms with Crippen LogP contribution in [-0.4, -0.2) is 51.4 Å². The summed E-state index contributed by atoms with van der Waals surface area (Å²) in [5.74, 6) is 0.941. The molecule has 1 saturated carbocycles. The Morgan fingerprint density at radius 2 is 2.09 bits per heavy atom. The van der Waals surface area contributed by atoms with Gasteiger partial charge in [-0.25, -0.2) is 4.98 Å². The number of amides is 2. The fourth-order valence-electron chi connectivity index (χ4n) is 4.57. The molecule has 1 aromatic carbocycles. The summed E-state index contributed by atoms with van der Waals surface area (Å²) in [6.07, 6.45) is 6.66. The van der Waals surface area contributed by atoms with Crippen LogP contribution in [0.15, 0.2) is 42.7 Å². The summed E-state index contributed by atoms with van der Waals surface area (Å²) in [4.78, 5) is 40.0. The standard InChI is InChI=1S/C22H24N8O3/c1-24-15(31)9-33-14-4-2-3-13(8-14)27-22-29-20-18(25-10-26-20)21(30-22)28-17-12-6-5-11(7-12)16(17)19(23)32/h2-6,8,10-12,16-17H,7,9H2,1H3,(H2,23,32)(H,24,31)(H3,25,26,27,28,29,30)/t11?,12-,16-,17+/m1/s1. The fraction of sp³-hybridized carbons (Fsp3) is 0.318. The summed E-state index contributed by atoms with van der Waals surface area (Å²) in [6.45, 7) is -0.0806. The largest absolute Gasteiger partial charge is 0.484 e. The average molecular weight is 448 g/mol. The van der Waals surface area contributed by atoms with E-state index in [1.807, 2.05) is 6.07 Å². The number of ether oxygens (including phenoxy) is 1. The second-order valence-corrected chi connectivity index (χ2v) is 8.16. The Labute approximate surface area is 189 Å². The van der Waals surface area contributed by atoms with Crippen LogP contribution in [0, 0.1) is 17.8 Å². The lowest BCUT2D eigenvalue weighted by Gasteiger charge is -2.27. The molecular weight excluding hydrogens is 424 g/mol. The minimum absolute atomic E-state index is 0.0806. The summed E-state index contributed by atoms with van der Waals surface area (Å²) in [5.41, 5.74) is 7.52. The van der Waals surface area contributed by atoms with E-state index in [0.29, 0.717) is 34.4 Å². The number of nitrogens with two attached hydrogens (primary N) is 1. The summed E-state index contributed by atoms with van der Waals surface area (Å²) in [7, 11) is 1.55. The Hall–Kier alpha value is -4.15. The molecule has 2 aromatic heterocycles. The van der Waals surface area contributed by atoms with Gasteiger partial charge in [-0.15, -0.1) is 0 Å². The number of aromatic nitrogens is 4. The zero-order valence-corrected chi connectivity index (χ0v) is 17.9. The van der Waals surface area contributed by atoms with Crippen LogP contribution >= 0.6 is 0 Å². The van der Waals surface area contributed by atoms with Crippen molar-refractivity contribution in [3.05, 3.63) is 42.7 Å². The molecule has 2 aliphatic carbocycles. The molecule has 0 radical (unpaired) electrons. The third-order valence-corrected chi connectivity index (χ3v) is 6.12. The van der Waals surface area contributed by atoms with E-state index < -0.39 is 0 Å². The van der Waals surface area contributed by atoms with Gasteiger partial charge >= 0.3 is 0 Å². The van der Waals surface area contributed by atoms with Crippen LogP contribution in [-0.2, 0) is 9.59 Å². The summed E-state index contributed by atoms with van der Waals surface area (Å²) in [5, 5.41) is 9.10. The van der Waals surface area contributed by atoms with E-state index in [-0.39, 0.29) is 42.2 Å². The number of likely N-dealkylation sites (N-methyl/N-ethyl adjacent to an activating group) is 1. The maximum atomic E-state index is 12.1. The van der Waals surface area contributed by atoms with E-state index >= 15 is 0 Å². The van der Waals surface area contributed by atoms with Crippen molar-refractivity contribution >= 4 is 40.4 Å². The zero-order valence-electron chi connectivity index (χ0n) is 17.9. The topological polar surface area (TPSA) is 160 Å². The molecule has 0 aliphatic heterocycles. The summed E-state index contributed by atoms with van der Waals surface area (Å²) < 4.78 is 5.50. The van der Waals surface area contributed by atoms with Crippen LogP contribution in [0.4, 0.5) is 17.5 Å². The predicted octanol–water partition coefficient (Wildman–Crippen LogP) is 1.31. The van der Waals surface area contributed by atoms with Crippen molar-refractivity contribution in [1.82, 2.24) is 25.3 Å². The monoisotopic (exact) mass is 448 g/mol. The second kappa shape index (κ2) is 8.41. The number of rotatable bonds is 8. The fourth-order valence-corrected chi connectivity index (χ4v) is 4.57. The number of anilines is 3. The lowest BCUT2D eigenvalue weighted by molar-refractivity contribution is -0.123. The first-order valence-corrected chi connectivity index (χ1v) is 10.7. The van der Waals surface area contributed by atoms with Crippen LogP contribution in [0.1, 0.15) is 6.42 Å². The smallest absolute Gasteiger partial charge is 0.257 e. The molecule has 1 unspecified atom stereocenters. The van der Waals surface area contributed by atoms with Crippen molar-refractivity contribution in [3.63, 3.8) is 0 Å². The van der Waals surface area contributed by atoms with Crippen molar-refractivity contribution in [2.75, 3.05) is 24.3 Å². The van der Waals surface area contributed by atoms with E-state index in [1.165, 1.54) is 0 Å². The molecular formula is C22H24N8O3. The average Bonchev–Trinajstić information content (AvgIpc) is 3.54. The summed E-state index contributed by atoms with van der Waals surface area (Å²) in [6, 6.07) is 6.99. The number of hydrogen-bond acceptors (Lipinski definition) is 8. The van der Waals surface area contributed by atoms with Crippen LogP contribution in [0.5, 0.6) is 5.75 Å². The number of benzene rings is 1. The highest BCUT2D eigenvalue weighted by Gasteiger charge is 2.47. The highest BCUT2D eigenvalue weighted by atomic mass is 16.5. The van der Waals surface area contributed by atoms with Gasteiger partial charge in [0.15, 0.2) is 18.1 Å². The van der Waals surface area contributed by atoms with Crippen molar-refractivity contribution in [2.45, 2.75) is 12.5 Å². The van der Waals surface area contributed by atoms with Crippen LogP contribution < -0.4 is 26.4 Å². The number of allylic oxidation sites excluding steroid dienone is 1. The molecule has 170 valence electrons. The molecule has 0 spiro atoms.